The molecule has 0 saturated carbocycles. The predicted octanol–water partition coefficient (Wildman–Crippen LogP) is 3.88. The van der Waals surface area contributed by atoms with E-state index in [4.69, 9.17) is 0 Å². The van der Waals surface area contributed by atoms with Gasteiger partial charge in [-0.05, 0) is 49.4 Å². The second kappa shape index (κ2) is 7.98. The van der Waals surface area contributed by atoms with Gasteiger partial charge in [0.25, 0.3) is 11.8 Å². The summed E-state index contributed by atoms with van der Waals surface area (Å²) in [6, 6.07) is 17.8. The highest BCUT2D eigenvalue weighted by Gasteiger charge is 2.33. The number of hydrogen-bond donors (Lipinski definition) is 1. The van der Waals surface area contributed by atoms with E-state index >= 15 is 0 Å². The van der Waals surface area contributed by atoms with Gasteiger partial charge in [0, 0.05) is 10.2 Å². The Morgan fingerprint density at radius 1 is 1.22 bits per heavy atom. The minimum absolute atomic E-state index is 0.138. The summed E-state index contributed by atoms with van der Waals surface area (Å²) in [5, 5.41) is 17.6. The van der Waals surface area contributed by atoms with E-state index in [9.17, 15) is 14.9 Å². The maximum absolute atomic E-state index is 12.7. The average molecular weight is 423 g/mol. The summed E-state index contributed by atoms with van der Waals surface area (Å²) < 4.78 is 0.876. The lowest BCUT2D eigenvalue weighted by Crippen LogP contribution is -2.27. The summed E-state index contributed by atoms with van der Waals surface area (Å²) in [6.07, 6.45) is 1.36. The number of carbonyl (C=O) groups excluding carboxylic acids is 2. The minimum Gasteiger partial charge on any atom is -0.321 e. The molecule has 1 aliphatic rings. The smallest absolute Gasteiger partial charge is 0.266 e. The number of para-hydroxylation sites is 1. The van der Waals surface area contributed by atoms with E-state index in [1.807, 2.05) is 24.3 Å². The Bertz CT molecular complexity index is 975. The first kappa shape index (κ1) is 18.5. The number of carbonyl (C=O) groups is 2. The van der Waals surface area contributed by atoms with Crippen LogP contribution in [0.1, 0.15) is 6.92 Å². The van der Waals surface area contributed by atoms with Crippen LogP contribution in [0.3, 0.4) is 0 Å². The van der Waals surface area contributed by atoms with Crippen LogP contribution in [0.5, 0.6) is 0 Å². The van der Waals surface area contributed by atoms with E-state index in [0.29, 0.717) is 17.1 Å². The van der Waals surface area contributed by atoms with Crippen molar-refractivity contribution < 1.29 is 9.59 Å². The molecule has 6 nitrogen and oxygen atoms in total. The fraction of sp³-hybridized carbons (Fsp3) is 0.100. The average Bonchev–Trinajstić information content (AvgIpc) is 2.96. The molecule has 2 aromatic rings. The Balaban J connectivity index is 1.80. The van der Waals surface area contributed by atoms with Crippen molar-refractivity contribution in [2.24, 2.45) is 11.0 Å². The van der Waals surface area contributed by atoms with Crippen molar-refractivity contribution in [3.63, 3.8) is 0 Å². The van der Waals surface area contributed by atoms with Gasteiger partial charge < -0.3 is 5.32 Å². The van der Waals surface area contributed by atoms with Gasteiger partial charge in [0.2, 0.25) is 0 Å². The monoisotopic (exact) mass is 422 g/mol. The number of nitrogens with zero attached hydrogens (tertiary/aromatic N) is 3. The molecule has 0 aromatic heterocycles. The Labute approximate surface area is 164 Å². The number of anilines is 2. The molecule has 0 saturated heterocycles. The molecule has 3 rings (SSSR count). The number of rotatable bonds is 4. The third-order valence-electron chi connectivity index (χ3n) is 3.98. The lowest BCUT2D eigenvalue weighted by molar-refractivity contribution is -0.118. The summed E-state index contributed by atoms with van der Waals surface area (Å²) in [5.41, 5.74) is 1.57. The molecule has 0 radical (unpaired) electrons. The van der Waals surface area contributed by atoms with Crippen LogP contribution >= 0.6 is 15.9 Å². The highest BCUT2D eigenvalue weighted by molar-refractivity contribution is 9.10. The molecule has 0 unspecified atom stereocenters. The molecule has 1 N–H and O–H groups in total. The Hall–Kier alpha value is -3.24. The number of benzene rings is 2. The van der Waals surface area contributed by atoms with Crippen LogP contribution in [0.2, 0.25) is 0 Å². The highest BCUT2D eigenvalue weighted by atomic mass is 79.9. The fourth-order valence-electron chi connectivity index (χ4n) is 2.59. The van der Waals surface area contributed by atoms with Crippen molar-refractivity contribution in [1.29, 1.82) is 5.26 Å². The third-order valence-corrected chi connectivity index (χ3v) is 4.51. The largest absolute Gasteiger partial charge is 0.321 e. The molecule has 1 aliphatic heterocycles. The number of nitrogens with one attached hydrogen (secondary N) is 1. The van der Waals surface area contributed by atoms with Crippen LogP contribution in [0.15, 0.2) is 75.8 Å². The SMILES string of the molecule is CC1=NN(c2ccccc2)C(=O)[C@H]1/C=C(/C#N)C(=O)Nc1ccc(Br)cc1. The van der Waals surface area contributed by atoms with Crippen molar-refractivity contribution in [3.8, 4) is 6.07 Å². The molecule has 0 aliphatic carbocycles. The topological polar surface area (TPSA) is 85.6 Å². The molecule has 2 amide bonds. The standard InChI is InChI=1S/C20H15BrN4O2/c1-13-18(20(27)25(24-13)17-5-3-2-4-6-17)11-14(12-22)19(26)23-16-9-7-15(21)8-10-16/h2-11,18H,1H3,(H,23,26)/b14-11-/t18-/m0/s1. The second-order valence-corrected chi connectivity index (χ2v) is 6.77. The van der Waals surface area contributed by atoms with Crippen molar-refractivity contribution in [1.82, 2.24) is 0 Å². The molecule has 1 atom stereocenters. The van der Waals surface area contributed by atoms with E-state index in [0.717, 1.165) is 4.47 Å². The van der Waals surface area contributed by atoms with Gasteiger partial charge in [0.15, 0.2) is 0 Å². The first-order valence-corrected chi connectivity index (χ1v) is 8.92. The van der Waals surface area contributed by atoms with E-state index in [1.165, 1.54) is 11.1 Å². The van der Waals surface area contributed by atoms with E-state index in [-0.39, 0.29) is 11.5 Å². The van der Waals surface area contributed by atoms with Crippen molar-refractivity contribution in [2.45, 2.75) is 6.92 Å². The van der Waals surface area contributed by atoms with Gasteiger partial charge in [-0.2, -0.15) is 15.4 Å². The van der Waals surface area contributed by atoms with Gasteiger partial charge in [-0.1, -0.05) is 34.1 Å². The fourth-order valence-corrected chi connectivity index (χ4v) is 2.85. The first-order valence-electron chi connectivity index (χ1n) is 8.12. The lowest BCUT2D eigenvalue weighted by Gasteiger charge is -2.12. The maximum atomic E-state index is 12.7. The summed E-state index contributed by atoms with van der Waals surface area (Å²) in [4.78, 5) is 25.1. The molecule has 1 heterocycles. The van der Waals surface area contributed by atoms with Gasteiger partial charge in [-0.3, -0.25) is 9.59 Å². The Morgan fingerprint density at radius 2 is 1.89 bits per heavy atom. The zero-order valence-electron chi connectivity index (χ0n) is 14.4. The van der Waals surface area contributed by atoms with Crippen LogP contribution < -0.4 is 10.3 Å². The predicted molar refractivity (Wildman–Crippen MR) is 107 cm³/mol. The van der Waals surface area contributed by atoms with E-state index in [1.54, 1.807) is 43.3 Å². The third kappa shape index (κ3) is 4.13. The molecule has 7 heteroatoms. The van der Waals surface area contributed by atoms with Crippen molar-refractivity contribution in [2.75, 3.05) is 10.3 Å². The number of amides is 2. The van der Waals surface area contributed by atoms with Crippen molar-refractivity contribution in [3.05, 3.63) is 70.7 Å². The minimum atomic E-state index is -0.754. The van der Waals surface area contributed by atoms with Crippen molar-refractivity contribution >= 4 is 44.8 Å². The molecular weight excluding hydrogens is 408 g/mol. The van der Waals surface area contributed by atoms with Crippen LogP contribution in [0.25, 0.3) is 0 Å². The highest BCUT2D eigenvalue weighted by Crippen LogP contribution is 2.25. The molecule has 134 valence electrons. The quantitative estimate of drug-likeness (QED) is 0.598. The summed E-state index contributed by atoms with van der Waals surface area (Å²) in [7, 11) is 0. The molecule has 0 bridgehead atoms. The van der Waals surface area contributed by atoms with Gasteiger partial charge in [0.05, 0.1) is 17.3 Å². The second-order valence-electron chi connectivity index (χ2n) is 5.86. The zero-order valence-corrected chi connectivity index (χ0v) is 16.0. The molecule has 2 aromatic carbocycles. The van der Waals surface area contributed by atoms with Gasteiger partial charge in [-0.15, -0.1) is 0 Å². The van der Waals surface area contributed by atoms with E-state index in [2.05, 4.69) is 26.3 Å². The summed E-state index contributed by atoms with van der Waals surface area (Å²) in [6.45, 7) is 1.70. The first-order chi connectivity index (χ1) is 13.0. The molecule has 0 fully saturated rings. The van der Waals surface area contributed by atoms with Gasteiger partial charge in [-0.25, -0.2) is 0 Å². The molecular formula is C20H15BrN4O2. The van der Waals surface area contributed by atoms with Crippen LogP contribution in [0.4, 0.5) is 11.4 Å². The Kier molecular flexibility index (Phi) is 5.48. The van der Waals surface area contributed by atoms with Crippen LogP contribution in [0, 0.1) is 17.2 Å². The lowest BCUT2D eigenvalue weighted by atomic mass is 10.0. The van der Waals surface area contributed by atoms with Gasteiger partial charge >= 0.3 is 0 Å². The molecule has 0 spiro atoms. The number of nitriles is 1. The van der Waals surface area contributed by atoms with Gasteiger partial charge in [0.1, 0.15) is 11.6 Å². The summed E-state index contributed by atoms with van der Waals surface area (Å²) >= 11 is 3.32. The number of halogens is 1. The van der Waals surface area contributed by atoms with Crippen LogP contribution in [-0.4, -0.2) is 17.5 Å². The summed E-state index contributed by atoms with van der Waals surface area (Å²) in [5.74, 6) is -1.63. The zero-order chi connectivity index (χ0) is 19.4. The Morgan fingerprint density at radius 3 is 2.52 bits per heavy atom. The number of hydrazone groups is 1. The van der Waals surface area contributed by atoms with E-state index < -0.39 is 11.8 Å². The molecule has 27 heavy (non-hydrogen) atoms. The number of hydrogen-bond acceptors (Lipinski definition) is 4. The van der Waals surface area contributed by atoms with Crippen LogP contribution in [-0.2, 0) is 9.59 Å². The maximum Gasteiger partial charge on any atom is 0.266 e. The normalized spacial score (nSPS) is 16.7.